The third-order valence-corrected chi connectivity index (χ3v) is 3.46. The number of rotatable bonds is 7. The molecule has 0 aliphatic heterocycles. The highest BCUT2D eigenvalue weighted by atomic mass is 14.9. The van der Waals surface area contributed by atoms with Crippen molar-refractivity contribution < 1.29 is 0 Å². The molecule has 0 amide bonds. The zero-order chi connectivity index (χ0) is 9.68. The van der Waals surface area contributed by atoms with Gasteiger partial charge in [-0.25, -0.2) is 0 Å². The van der Waals surface area contributed by atoms with Gasteiger partial charge in [-0.1, -0.05) is 33.6 Å². The summed E-state index contributed by atoms with van der Waals surface area (Å²) in [5.74, 6) is 3.07. The second kappa shape index (κ2) is 5.64. The lowest BCUT2D eigenvalue weighted by atomic mass is 9.96. The van der Waals surface area contributed by atoms with E-state index in [0.29, 0.717) is 0 Å². The van der Waals surface area contributed by atoms with Crippen LogP contribution in [0.5, 0.6) is 0 Å². The summed E-state index contributed by atoms with van der Waals surface area (Å²) in [6, 6.07) is 0. The first-order valence-electron chi connectivity index (χ1n) is 6.04. The lowest BCUT2D eigenvalue weighted by molar-refractivity contribution is 0.403. The van der Waals surface area contributed by atoms with Crippen LogP contribution in [0.4, 0.5) is 0 Å². The van der Waals surface area contributed by atoms with E-state index in [0.717, 1.165) is 17.8 Å². The summed E-state index contributed by atoms with van der Waals surface area (Å²) in [6.07, 6.45) is 5.52. The average Bonchev–Trinajstić information content (AvgIpc) is 2.88. The molecule has 1 nitrogen and oxygen atoms in total. The maximum atomic E-state index is 3.53. The minimum Gasteiger partial charge on any atom is -0.316 e. The van der Waals surface area contributed by atoms with Gasteiger partial charge in [0.1, 0.15) is 0 Å². The van der Waals surface area contributed by atoms with Crippen molar-refractivity contribution in [2.45, 2.75) is 46.5 Å². The van der Waals surface area contributed by atoms with Gasteiger partial charge in [0.15, 0.2) is 0 Å². The summed E-state index contributed by atoms with van der Waals surface area (Å²) in [5, 5.41) is 3.53. The Hall–Kier alpha value is -0.0400. The molecule has 1 rings (SSSR count). The van der Waals surface area contributed by atoms with E-state index in [-0.39, 0.29) is 0 Å². The minimum absolute atomic E-state index is 1.01. The van der Waals surface area contributed by atoms with E-state index in [1.54, 1.807) is 0 Å². The highest BCUT2D eigenvalue weighted by Crippen LogP contribution is 2.46. The Labute approximate surface area is 83.3 Å². The molecular formula is C12H25N. The lowest BCUT2D eigenvalue weighted by Gasteiger charge is -2.11. The van der Waals surface area contributed by atoms with Crippen molar-refractivity contribution in [1.82, 2.24) is 5.32 Å². The van der Waals surface area contributed by atoms with Gasteiger partial charge in [-0.15, -0.1) is 0 Å². The van der Waals surface area contributed by atoms with Crippen LogP contribution in [0.3, 0.4) is 0 Å². The van der Waals surface area contributed by atoms with Crippen molar-refractivity contribution in [3.63, 3.8) is 0 Å². The second-order valence-electron chi connectivity index (χ2n) is 4.44. The van der Waals surface area contributed by atoms with E-state index in [1.807, 2.05) is 0 Å². The predicted octanol–water partition coefficient (Wildman–Crippen LogP) is 3.06. The van der Waals surface area contributed by atoms with Crippen LogP contribution in [0.2, 0.25) is 0 Å². The molecule has 0 aromatic rings. The zero-order valence-electron chi connectivity index (χ0n) is 9.47. The normalized spacial score (nSPS) is 26.8. The number of hydrogen-bond acceptors (Lipinski definition) is 1. The molecule has 0 bridgehead atoms. The summed E-state index contributed by atoms with van der Waals surface area (Å²) in [4.78, 5) is 0. The molecule has 0 aromatic carbocycles. The molecule has 0 spiro atoms. The smallest absolute Gasteiger partial charge is 0.00177 e. The van der Waals surface area contributed by atoms with Gasteiger partial charge in [0.25, 0.3) is 0 Å². The molecule has 1 N–H and O–H groups in total. The predicted molar refractivity (Wildman–Crippen MR) is 58.8 cm³/mol. The second-order valence-corrected chi connectivity index (χ2v) is 4.44. The van der Waals surface area contributed by atoms with Crippen LogP contribution in [0.25, 0.3) is 0 Å². The van der Waals surface area contributed by atoms with Gasteiger partial charge in [0, 0.05) is 0 Å². The fraction of sp³-hybridized carbons (Fsp3) is 1.00. The monoisotopic (exact) mass is 183 g/mol. The zero-order valence-corrected chi connectivity index (χ0v) is 9.47. The first-order valence-corrected chi connectivity index (χ1v) is 6.04. The van der Waals surface area contributed by atoms with Crippen molar-refractivity contribution in [3.8, 4) is 0 Å². The first-order chi connectivity index (χ1) is 6.33. The van der Waals surface area contributed by atoms with E-state index in [4.69, 9.17) is 0 Å². The summed E-state index contributed by atoms with van der Waals surface area (Å²) < 4.78 is 0. The SMILES string of the molecule is CCCNCC1CC1C(CC)CC. The Balaban J connectivity index is 2.07. The number of nitrogens with one attached hydrogen (secondary N) is 1. The molecular weight excluding hydrogens is 158 g/mol. The molecule has 2 atom stereocenters. The molecule has 1 aliphatic carbocycles. The van der Waals surface area contributed by atoms with E-state index in [9.17, 15) is 0 Å². The molecule has 0 radical (unpaired) electrons. The Morgan fingerprint density at radius 2 is 1.92 bits per heavy atom. The van der Waals surface area contributed by atoms with Crippen molar-refractivity contribution >= 4 is 0 Å². The summed E-state index contributed by atoms with van der Waals surface area (Å²) in [7, 11) is 0. The van der Waals surface area contributed by atoms with Crippen LogP contribution < -0.4 is 5.32 Å². The average molecular weight is 183 g/mol. The van der Waals surface area contributed by atoms with E-state index < -0.39 is 0 Å². The first kappa shape index (κ1) is 11.0. The Bertz CT molecular complexity index is 129. The lowest BCUT2D eigenvalue weighted by Crippen LogP contribution is -2.19. The topological polar surface area (TPSA) is 12.0 Å². The third-order valence-electron chi connectivity index (χ3n) is 3.46. The van der Waals surface area contributed by atoms with Crippen molar-refractivity contribution in [1.29, 1.82) is 0 Å². The highest BCUT2D eigenvalue weighted by molar-refractivity contribution is 4.91. The molecule has 0 aromatic heterocycles. The van der Waals surface area contributed by atoms with Crippen molar-refractivity contribution in [3.05, 3.63) is 0 Å². The largest absolute Gasteiger partial charge is 0.316 e. The van der Waals surface area contributed by atoms with Crippen LogP contribution in [0, 0.1) is 17.8 Å². The Kier molecular flexibility index (Phi) is 4.79. The summed E-state index contributed by atoms with van der Waals surface area (Å²) in [5.41, 5.74) is 0. The van der Waals surface area contributed by atoms with Gasteiger partial charge in [-0.05, 0) is 43.7 Å². The van der Waals surface area contributed by atoms with E-state index >= 15 is 0 Å². The molecule has 1 heteroatoms. The molecule has 2 unspecified atom stereocenters. The Morgan fingerprint density at radius 1 is 1.23 bits per heavy atom. The van der Waals surface area contributed by atoms with E-state index in [2.05, 4.69) is 26.1 Å². The fourth-order valence-electron chi connectivity index (χ4n) is 2.44. The van der Waals surface area contributed by atoms with Crippen molar-refractivity contribution in [2.75, 3.05) is 13.1 Å². The molecule has 13 heavy (non-hydrogen) atoms. The summed E-state index contributed by atoms with van der Waals surface area (Å²) in [6.45, 7) is 9.38. The minimum atomic E-state index is 1.01. The Morgan fingerprint density at radius 3 is 2.46 bits per heavy atom. The standard InChI is InChI=1S/C12H25N/c1-4-7-13-9-11-8-12(11)10(5-2)6-3/h10-13H,4-9H2,1-3H3. The quantitative estimate of drug-likeness (QED) is 0.598. The van der Waals surface area contributed by atoms with Gasteiger partial charge in [-0.2, -0.15) is 0 Å². The maximum Gasteiger partial charge on any atom is -0.00177 e. The van der Waals surface area contributed by atoms with Gasteiger partial charge in [-0.3, -0.25) is 0 Å². The van der Waals surface area contributed by atoms with E-state index in [1.165, 1.54) is 38.8 Å². The van der Waals surface area contributed by atoms with Crippen LogP contribution in [-0.2, 0) is 0 Å². The number of hydrogen-bond donors (Lipinski definition) is 1. The molecule has 1 fully saturated rings. The third kappa shape index (κ3) is 3.30. The van der Waals surface area contributed by atoms with Gasteiger partial charge >= 0.3 is 0 Å². The molecule has 1 aliphatic rings. The van der Waals surface area contributed by atoms with Gasteiger partial charge in [0.05, 0.1) is 0 Å². The van der Waals surface area contributed by atoms with Crippen molar-refractivity contribution in [2.24, 2.45) is 17.8 Å². The molecule has 0 saturated heterocycles. The van der Waals surface area contributed by atoms with Crippen LogP contribution in [0.1, 0.15) is 46.5 Å². The van der Waals surface area contributed by atoms with Crippen LogP contribution >= 0.6 is 0 Å². The summed E-state index contributed by atoms with van der Waals surface area (Å²) >= 11 is 0. The highest BCUT2D eigenvalue weighted by Gasteiger charge is 2.40. The fourth-order valence-corrected chi connectivity index (χ4v) is 2.44. The van der Waals surface area contributed by atoms with Crippen LogP contribution in [-0.4, -0.2) is 13.1 Å². The van der Waals surface area contributed by atoms with Gasteiger partial charge in [0.2, 0.25) is 0 Å². The van der Waals surface area contributed by atoms with Crippen LogP contribution in [0.15, 0.2) is 0 Å². The maximum absolute atomic E-state index is 3.53. The molecule has 78 valence electrons. The molecule has 1 saturated carbocycles. The van der Waals surface area contributed by atoms with Gasteiger partial charge < -0.3 is 5.32 Å². The molecule has 0 heterocycles.